The Balaban J connectivity index is 2.96. The maximum atomic E-state index is 12.9. The van der Waals surface area contributed by atoms with Crippen molar-refractivity contribution in [2.24, 2.45) is 5.92 Å². The van der Waals surface area contributed by atoms with E-state index >= 15 is 0 Å². The Kier molecular flexibility index (Phi) is 8.26. The molecule has 0 aliphatic rings. The Morgan fingerprint density at radius 3 is 2.43 bits per heavy atom. The molecule has 0 saturated heterocycles. The first-order valence-electron chi connectivity index (χ1n) is 7.84. The Bertz CT molecular complexity index is 599. The van der Waals surface area contributed by atoms with E-state index in [-0.39, 0.29) is 17.4 Å². The minimum absolute atomic E-state index is 0.118. The van der Waals surface area contributed by atoms with Crippen molar-refractivity contribution in [3.8, 4) is 0 Å². The standard InChI is InChI=1S/C17H26ClNO3S/c1-4-14(2)13-19(11-9-15(3)10-12-20)23(21,22)17-7-5-16(18)6-8-17/h5-8,15,20H,2,4,9-13H2,1,3H3/t15-/m1/s1. The van der Waals surface area contributed by atoms with E-state index in [1.54, 1.807) is 12.1 Å². The van der Waals surface area contributed by atoms with Gasteiger partial charge in [-0.25, -0.2) is 8.42 Å². The van der Waals surface area contributed by atoms with Gasteiger partial charge in [0, 0.05) is 24.7 Å². The van der Waals surface area contributed by atoms with Crippen molar-refractivity contribution in [1.82, 2.24) is 4.31 Å². The molecule has 0 saturated carbocycles. The van der Waals surface area contributed by atoms with Crippen LogP contribution in [-0.2, 0) is 10.0 Å². The van der Waals surface area contributed by atoms with Crippen LogP contribution in [0.2, 0.25) is 5.02 Å². The van der Waals surface area contributed by atoms with Gasteiger partial charge in [-0.15, -0.1) is 0 Å². The molecule has 0 aromatic heterocycles. The summed E-state index contributed by atoms with van der Waals surface area (Å²) in [7, 11) is -3.58. The summed E-state index contributed by atoms with van der Waals surface area (Å²) in [6.07, 6.45) is 2.10. The first-order valence-corrected chi connectivity index (χ1v) is 9.66. The average molecular weight is 360 g/mol. The molecule has 130 valence electrons. The summed E-state index contributed by atoms with van der Waals surface area (Å²) in [4.78, 5) is 0.237. The fourth-order valence-electron chi connectivity index (χ4n) is 2.13. The molecule has 0 fully saturated rings. The van der Waals surface area contributed by atoms with Gasteiger partial charge >= 0.3 is 0 Å². The summed E-state index contributed by atoms with van der Waals surface area (Å²) in [5.41, 5.74) is 0.873. The maximum absolute atomic E-state index is 12.9. The van der Waals surface area contributed by atoms with E-state index < -0.39 is 10.0 Å². The van der Waals surface area contributed by atoms with Gasteiger partial charge in [0.1, 0.15) is 0 Å². The number of hydrogen-bond acceptors (Lipinski definition) is 3. The second kappa shape index (κ2) is 9.42. The van der Waals surface area contributed by atoms with Crippen LogP contribution in [0.3, 0.4) is 0 Å². The molecule has 23 heavy (non-hydrogen) atoms. The SMILES string of the molecule is C=C(CC)CN(CC[C@@H](C)CCO)S(=O)(=O)c1ccc(Cl)cc1. The van der Waals surface area contributed by atoms with Crippen molar-refractivity contribution < 1.29 is 13.5 Å². The number of aliphatic hydroxyl groups is 1. The average Bonchev–Trinajstić information content (AvgIpc) is 2.51. The fourth-order valence-corrected chi connectivity index (χ4v) is 3.73. The second-order valence-electron chi connectivity index (χ2n) is 5.80. The molecule has 1 N–H and O–H groups in total. The van der Waals surface area contributed by atoms with Crippen LogP contribution in [0.5, 0.6) is 0 Å². The first-order chi connectivity index (χ1) is 10.8. The minimum Gasteiger partial charge on any atom is -0.396 e. The van der Waals surface area contributed by atoms with Crippen LogP contribution >= 0.6 is 11.6 Å². The van der Waals surface area contributed by atoms with Crippen molar-refractivity contribution in [2.75, 3.05) is 19.7 Å². The van der Waals surface area contributed by atoms with Gasteiger partial charge in [0.25, 0.3) is 0 Å². The fraction of sp³-hybridized carbons (Fsp3) is 0.529. The second-order valence-corrected chi connectivity index (χ2v) is 8.18. The third-order valence-corrected chi connectivity index (χ3v) is 5.96. The zero-order chi connectivity index (χ0) is 17.5. The van der Waals surface area contributed by atoms with E-state index in [0.717, 1.165) is 12.0 Å². The molecule has 1 aromatic rings. The van der Waals surface area contributed by atoms with E-state index in [9.17, 15) is 8.42 Å². The summed E-state index contributed by atoms with van der Waals surface area (Å²) in [6, 6.07) is 6.21. The number of aliphatic hydroxyl groups excluding tert-OH is 1. The number of rotatable bonds is 10. The molecule has 0 bridgehead atoms. The molecule has 0 aliphatic heterocycles. The maximum Gasteiger partial charge on any atom is 0.243 e. The Labute approximate surface area is 144 Å². The van der Waals surface area contributed by atoms with Crippen LogP contribution in [0.1, 0.15) is 33.1 Å². The third kappa shape index (κ3) is 6.26. The highest BCUT2D eigenvalue weighted by molar-refractivity contribution is 7.89. The molecule has 0 spiro atoms. The van der Waals surface area contributed by atoms with Crippen LogP contribution in [-0.4, -0.2) is 37.5 Å². The molecular weight excluding hydrogens is 334 g/mol. The summed E-state index contributed by atoms with van der Waals surface area (Å²) in [6.45, 7) is 8.74. The molecule has 0 amide bonds. The largest absolute Gasteiger partial charge is 0.396 e. The van der Waals surface area contributed by atoms with E-state index in [1.165, 1.54) is 16.4 Å². The molecule has 0 aliphatic carbocycles. The van der Waals surface area contributed by atoms with Crippen LogP contribution in [0, 0.1) is 5.92 Å². The topological polar surface area (TPSA) is 57.6 Å². The van der Waals surface area contributed by atoms with E-state index in [1.807, 2.05) is 13.8 Å². The minimum atomic E-state index is -3.58. The molecule has 4 nitrogen and oxygen atoms in total. The van der Waals surface area contributed by atoms with E-state index in [4.69, 9.17) is 16.7 Å². The summed E-state index contributed by atoms with van der Waals surface area (Å²) in [5, 5.41) is 9.50. The third-order valence-electron chi connectivity index (χ3n) is 3.84. The van der Waals surface area contributed by atoms with Gasteiger partial charge in [0.05, 0.1) is 4.90 Å². The Morgan fingerprint density at radius 2 is 1.91 bits per heavy atom. The van der Waals surface area contributed by atoms with Gasteiger partial charge in [-0.2, -0.15) is 4.31 Å². The number of nitrogens with zero attached hydrogens (tertiary/aromatic N) is 1. The van der Waals surface area contributed by atoms with Crippen LogP contribution in [0.15, 0.2) is 41.3 Å². The van der Waals surface area contributed by atoms with Gasteiger partial charge in [-0.05, 0) is 49.4 Å². The highest BCUT2D eigenvalue weighted by atomic mass is 35.5. The molecule has 1 atom stereocenters. The van der Waals surface area contributed by atoms with Crippen molar-refractivity contribution in [3.05, 3.63) is 41.4 Å². The summed E-state index contributed by atoms with van der Waals surface area (Å²) in [5.74, 6) is 0.262. The first kappa shape index (κ1) is 20.2. The Hall–Kier alpha value is -0.880. The van der Waals surface area contributed by atoms with Crippen molar-refractivity contribution in [2.45, 2.75) is 38.0 Å². The van der Waals surface area contributed by atoms with Gasteiger partial charge in [0.15, 0.2) is 0 Å². The van der Waals surface area contributed by atoms with Crippen molar-refractivity contribution >= 4 is 21.6 Å². The molecule has 0 radical (unpaired) electrons. The summed E-state index contributed by atoms with van der Waals surface area (Å²) >= 11 is 5.84. The normalized spacial score (nSPS) is 13.3. The lowest BCUT2D eigenvalue weighted by molar-refractivity contribution is 0.253. The van der Waals surface area contributed by atoms with Crippen molar-refractivity contribution in [1.29, 1.82) is 0 Å². The quantitative estimate of drug-likeness (QED) is 0.648. The number of halogens is 1. The van der Waals surface area contributed by atoms with Gasteiger partial charge in [-0.3, -0.25) is 0 Å². The Morgan fingerprint density at radius 1 is 1.30 bits per heavy atom. The molecule has 0 heterocycles. The monoisotopic (exact) mass is 359 g/mol. The number of sulfonamides is 1. The lowest BCUT2D eigenvalue weighted by Crippen LogP contribution is -2.34. The zero-order valence-electron chi connectivity index (χ0n) is 13.8. The lowest BCUT2D eigenvalue weighted by atomic mass is 10.0. The van der Waals surface area contributed by atoms with Crippen LogP contribution < -0.4 is 0 Å². The summed E-state index contributed by atoms with van der Waals surface area (Å²) < 4.78 is 27.2. The van der Waals surface area contributed by atoms with Gasteiger partial charge in [0.2, 0.25) is 10.0 Å². The van der Waals surface area contributed by atoms with Crippen molar-refractivity contribution in [3.63, 3.8) is 0 Å². The smallest absolute Gasteiger partial charge is 0.243 e. The predicted octanol–water partition coefficient (Wildman–Crippen LogP) is 3.71. The highest BCUT2D eigenvalue weighted by Gasteiger charge is 2.25. The lowest BCUT2D eigenvalue weighted by Gasteiger charge is -2.24. The van der Waals surface area contributed by atoms with Gasteiger partial charge < -0.3 is 5.11 Å². The van der Waals surface area contributed by atoms with Crippen LogP contribution in [0.25, 0.3) is 0 Å². The van der Waals surface area contributed by atoms with Gasteiger partial charge in [-0.1, -0.05) is 37.6 Å². The molecular formula is C17H26ClNO3S. The zero-order valence-corrected chi connectivity index (χ0v) is 15.4. The molecule has 6 heteroatoms. The molecule has 0 unspecified atom stereocenters. The number of hydrogen-bond donors (Lipinski definition) is 1. The predicted molar refractivity (Wildman–Crippen MR) is 95.1 cm³/mol. The molecule has 1 aromatic carbocycles. The van der Waals surface area contributed by atoms with E-state index in [0.29, 0.717) is 31.0 Å². The molecule has 1 rings (SSSR count). The van der Waals surface area contributed by atoms with E-state index in [2.05, 4.69) is 6.58 Å². The highest BCUT2D eigenvalue weighted by Crippen LogP contribution is 2.21. The number of benzene rings is 1. The van der Waals surface area contributed by atoms with Crippen LogP contribution in [0.4, 0.5) is 0 Å².